The molecular weight excluding hydrogens is 302 g/mol. The minimum absolute atomic E-state index is 0.877. The predicted octanol–water partition coefficient (Wildman–Crippen LogP) is 6.05. The van der Waals surface area contributed by atoms with Gasteiger partial charge in [0.2, 0.25) is 0 Å². The number of thiazole rings is 1. The van der Waals surface area contributed by atoms with Crippen molar-refractivity contribution in [3.05, 3.63) is 77.9 Å². The molecule has 0 saturated carbocycles. The summed E-state index contributed by atoms with van der Waals surface area (Å²) >= 11 is 1.67. The van der Waals surface area contributed by atoms with Gasteiger partial charge < -0.3 is 4.42 Å². The Morgan fingerprint density at radius 1 is 0.870 bits per heavy atom. The fourth-order valence-corrected chi connectivity index (χ4v) is 3.34. The van der Waals surface area contributed by atoms with Crippen molar-refractivity contribution in [2.24, 2.45) is 0 Å². The van der Waals surface area contributed by atoms with E-state index in [2.05, 4.69) is 54.8 Å². The Bertz CT molecular complexity index is 920. The molecule has 4 aromatic rings. The fraction of sp³-hybridized carbons (Fsp3) is 0.0500. The molecule has 0 fully saturated rings. The highest BCUT2D eigenvalue weighted by Gasteiger charge is 2.08. The molecule has 2 heterocycles. The number of hydrogen-bond donors (Lipinski definition) is 0. The average Bonchev–Trinajstić information content (AvgIpc) is 3.28. The first-order valence-electron chi connectivity index (χ1n) is 7.46. The van der Waals surface area contributed by atoms with E-state index in [9.17, 15) is 0 Å². The van der Waals surface area contributed by atoms with E-state index in [1.54, 1.807) is 17.6 Å². The van der Waals surface area contributed by atoms with E-state index in [1.807, 2.05) is 18.2 Å². The van der Waals surface area contributed by atoms with Gasteiger partial charge in [-0.2, -0.15) is 0 Å². The Kier molecular flexibility index (Phi) is 3.56. The predicted molar refractivity (Wildman–Crippen MR) is 95.4 cm³/mol. The van der Waals surface area contributed by atoms with Crippen LogP contribution in [0.3, 0.4) is 0 Å². The summed E-state index contributed by atoms with van der Waals surface area (Å²) in [6.07, 6.45) is 1.70. The number of hydrogen-bond acceptors (Lipinski definition) is 3. The third kappa shape index (κ3) is 2.83. The Labute approximate surface area is 139 Å². The minimum atomic E-state index is 0.877. The molecule has 0 bridgehead atoms. The summed E-state index contributed by atoms with van der Waals surface area (Å²) in [7, 11) is 0. The topological polar surface area (TPSA) is 26.0 Å². The molecule has 0 amide bonds. The molecule has 0 radical (unpaired) electrons. The number of nitrogens with zero attached hydrogens (tertiary/aromatic N) is 1. The highest BCUT2D eigenvalue weighted by molar-refractivity contribution is 7.13. The van der Waals surface area contributed by atoms with E-state index in [4.69, 9.17) is 9.40 Å². The molecule has 112 valence electrons. The first-order valence-corrected chi connectivity index (χ1v) is 8.34. The van der Waals surface area contributed by atoms with Gasteiger partial charge in [0, 0.05) is 22.1 Å². The van der Waals surface area contributed by atoms with Crippen LogP contribution in [0, 0.1) is 6.92 Å². The highest BCUT2D eigenvalue weighted by atomic mass is 32.1. The lowest BCUT2D eigenvalue weighted by atomic mass is 10.1. The van der Waals surface area contributed by atoms with Crippen molar-refractivity contribution >= 4 is 11.3 Å². The zero-order valence-electron chi connectivity index (χ0n) is 12.7. The number of furan rings is 1. The first kappa shape index (κ1) is 14.0. The van der Waals surface area contributed by atoms with E-state index in [1.165, 1.54) is 5.56 Å². The summed E-state index contributed by atoms with van der Waals surface area (Å²) in [6.45, 7) is 2.09. The molecule has 0 aliphatic rings. The maximum Gasteiger partial charge on any atom is 0.133 e. The molecule has 23 heavy (non-hydrogen) atoms. The zero-order valence-corrected chi connectivity index (χ0v) is 13.5. The standard InChI is InChI=1S/C20H15NOS/c1-14-7-9-15(10-8-14)18-13-23-20(21-18)17-5-2-4-16(12-17)19-6-3-11-22-19/h2-13H,1H3. The van der Waals surface area contributed by atoms with E-state index >= 15 is 0 Å². The van der Waals surface area contributed by atoms with E-state index in [0.717, 1.165) is 33.2 Å². The van der Waals surface area contributed by atoms with Gasteiger partial charge in [-0.3, -0.25) is 0 Å². The maximum absolute atomic E-state index is 5.48. The largest absolute Gasteiger partial charge is 0.464 e. The molecule has 2 nitrogen and oxygen atoms in total. The molecular formula is C20H15NOS. The molecule has 4 rings (SSSR count). The van der Waals surface area contributed by atoms with Crippen molar-refractivity contribution in [3.63, 3.8) is 0 Å². The van der Waals surface area contributed by atoms with Crippen molar-refractivity contribution in [1.29, 1.82) is 0 Å². The van der Waals surface area contributed by atoms with Crippen LogP contribution < -0.4 is 0 Å². The molecule has 0 atom stereocenters. The molecule has 0 unspecified atom stereocenters. The molecule has 2 aromatic heterocycles. The lowest BCUT2D eigenvalue weighted by Gasteiger charge is -2.01. The van der Waals surface area contributed by atoms with Gasteiger partial charge in [0.1, 0.15) is 10.8 Å². The van der Waals surface area contributed by atoms with E-state index < -0.39 is 0 Å². The summed E-state index contributed by atoms with van der Waals surface area (Å²) < 4.78 is 5.48. The van der Waals surface area contributed by atoms with Crippen LogP contribution in [0.1, 0.15) is 5.56 Å². The Morgan fingerprint density at radius 3 is 2.48 bits per heavy atom. The van der Waals surface area contributed by atoms with Crippen LogP contribution in [0.5, 0.6) is 0 Å². The van der Waals surface area contributed by atoms with Gasteiger partial charge in [-0.25, -0.2) is 4.98 Å². The van der Waals surface area contributed by atoms with Gasteiger partial charge in [-0.05, 0) is 25.1 Å². The lowest BCUT2D eigenvalue weighted by molar-refractivity contribution is 0.582. The van der Waals surface area contributed by atoms with Crippen molar-refractivity contribution in [2.75, 3.05) is 0 Å². The SMILES string of the molecule is Cc1ccc(-c2csc(-c3cccc(-c4ccco4)c3)n2)cc1. The summed E-state index contributed by atoms with van der Waals surface area (Å²) in [5.41, 5.74) is 5.62. The fourth-order valence-electron chi connectivity index (χ4n) is 2.51. The van der Waals surface area contributed by atoms with E-state index in [0.29, 0.717) is 0 Å². The van der Waals surface area contributed by atoms with Crippen molar-refractivity contribution in [1.82, 2.24) is 4.98 Å². The third-order valence-electron chi connectivity index (χ3n) is 3.77. The second-order valence-corrected chi connectivity index (χ2v) is 6.32. The van der Waals surface area contributed by atoms with Crippen molar-refractivity contribution in [2.45, 2.75) is 6.92 Å². The second-order valence-electron chi connectivity index (χ2n) is 5.46. The number of benzene rings is 2. The molecule has 0 spiro atoms. The monoisotopic (exact) mass is 317 g/mol. The summed E-state index contributed by atoms with van der Waals surface area (Å²) in [4.78, 5) is 4.79. The summed E-state index contributed by atoms with van der Waals surface area (Å²) in [6, 6.07) is 20.6. The van der Waals surface area contributed by atoms with Gasteiger partial charge in [-0.1, -0.05) is 48.0 Å². The van der Waals surface area contributed by atoms with Gasteiger partial charge in [0.15, 0.2) is 0 Å². The van der Waals surface area contributed by atoms with Gasteiger partial charge in [0.25, 0.3) is 0 Å². The number of aromatic nitrogens is 1. The molecule has 0 N–H and O–H groups in total. The van der Waals surface area contributed by atoms with Crippen LogP contribution >= 0.6 is 11.3 Å². The lowest BCUT2D eigenvalue weighted by Crippen LogP contribution is -1.81. The molecule has 0 saturated heterocycles. The molecule has 2 aromatic carbocycles. The Balaban J connectivity index is 1.69. The van der Waals surface area contributed by atoms with Gasteiger partial charge in [0.05, 0.1) is 12.0 Å². The van der Waals surface area contributed by atoms with Crippen LogP contribution in [0.15, 0.2) is 76.7 Å². The van der Waals surface area contributed by atoms with Gasteiger partial charge in [-0.15, -0.1) is 11.3 Å². The van der Waals surface area contributed by atoms with Crippen molar-refractivity contribution in [3.8, 4) is 33.2 Å². The maximum atomic E-state index is 5.48. The normalized spacial score (nSPS) is 10.8. The second kappa shape index (κ2) is 5.86. The molecule has 0 aliphatic carbocycles. The van der Waals surface area contributed by atoms with Gasteiger partial charge >= 0.3 is 0 Å². The van der Waals surface area contributed by atoms with Crippen LogP contribution in [-0.4, -0.2) is 4.98 Å². The van der Waals surface area contributed by atoms with Crippen molar-refractivity contribution < 1.29 is 4.42 Å². The number of aryl methyl sites for hydroxylation is 1. The van der Waals surface area contributed by atoms with Crippen LogP contribution in [0.2, 0.25) is 0 Å². The summed E-state index contributed by atoms with van der Waals surface area (Å²) in [5.74, 6) is 0.877. The van der Waals surface area contributed by atoms with Crippen LogP contribution in [0.25, 0.3) is 33.2 Å². The van der Waals surface area contributed by atoms with Crippen LogP contribution in [-0.2, 0) is 0 Å². The summed E-state index contributed by atoms with van der Waals surface area (Å²) in [5, 5.41) is 3.13. The van der Waals surface area contributed by atoms with Crippen LogP contribution in [0.4, 0.5) is 0 Å². The smallest absolute Gasteiger partial charge is 0.133 e. The first-order chi connectivity index (χ1) is 11.3. The number of rotatable bonds is 3. The zero-order chi connectivity index (χ0) is 15.6. The Morgan fingerprint density at radius 2 is 1.70 bits per heavy atom. The highest BCUT2D eigenvalue weighted by Crippen LogP contribution is 2.31. The van der Waals surface area contributed by atoms with E-state index in [-0.39, 0.29) is 0 Å². The molecule has 3 heteroatoms. The third-order valence-corrected chi connectivity index (χ3v) is 4.66. The Hall–Kier alpha value is -2.65. The minimum Gasteiger partial charge on any atom is -0.464 e. The molecule has 0 aliphatic heterocycles. The quantitative estimate of drug-likeness (QED) is 0.460. The average molecular weight is 317 g/mol.